The highest BCUT2D eigenvalue weighted by Crippen LogP contribution is 2.42. The standard InChI is InChI=1S/C62H38/c1-5-45-25-27-49-29-33-55(57-35-31-47(7-1)59(45)61(49)57)44-23-21-42(22-24-44)40-15-13-39(14-16-40)41-17-19-43(20-18-41)51-9-3-10-52(37-51)53-11-4-12-54(38-53)56-34-30-50-28-26-46-6-2-8-48-32-36-58(56)62(50)60(46)48/h1-38H. The van der Waals surface area contributed by atoms with Crippen LogP contribution in [0.1, 0.15) is 0 Å². The fourth-order valence-electron chi connectivity index (χ4n) is 10.3. The van der Waals surface area contributed by atoms with E-state index in [1.807, 2.05) is 0 Å². The first-order chi connectivity index (χ1) is 30.7. The summed E-state index contributed by atoms with van der Waals surface area (Å²) in [6.07, 6.45) is 0. The number of hydrogen-bond donors (Lipinski definition) is 0. The molecule has 0 heteroatoms. The molecule has 13 aromatic carbocycles. The molecule has 0 radical (unpaired) electrons. The molecule has 0 aliphatic heterocycles. The van der Waals surface area contributed by atoms with Gasteiger partial charge in [-0.15, -0.1) is 0 Å². The monoisotopic (exact) mass is 782 g/mol. The van der Waals surface area contributed by atoms with Gasteiger partial charge in [-0.25, -0.2) is 0 Å². The maximum absolute atomic E-state index is 2.35. The maximum atomic E-state index is 2.35. The van der Waals surface area contributed by atoms with Gasteiger partial charge in [0.2, 0.25) is 0 Å². The van der Waals surface area contributed by atoms with Crippen molar-refractivity contribution in [1.29, 1.82) is 0 Å². The summed E-state index contributed by atoms with van der Waals surface area (Å²) >= 11 is 0. The Hall–Kier alpha value is -8.06. The zero-order chi connectivity index (χ0) is 40.7. The van der Waals surface area contributed by atoms with Crippen LogP contribution in [0.15, 0.2) is 231 Å². The van der Waals surface area contributed by atoms with E-state index in [1.54, 1.807) is 0 Å². The normalized spacial score (nSPS) is 11.9. The molecule has 0 nitrogen and oxygen atoms in total. The summed E-state index contributed by atoms with van der Waals surface area (Å²) in [6, 6.07) is 85.5. The minimum atomic E-state index is 1.21. The van der Waals surface area contributed by atoms with Crippen molar-refractivity contribution in [2.75, 3.05) is 0 Å². The minimum Gasteiger partial charge on any atom is -0.0610 e. The van der Waals surface area contributed by atoms with Crippen LogP contribution in [0, 0.1) is 0 Å². The smallest absolute Gasteiger partial charge is 0.00206 e. The van der Waals surface area contributed by atoms with Crippen LogP contribution >= 0.6 is 0 Å². The lowest BCUT2D eigenvalue weighted by Gasteiger charge is -2.15. The highest BCUT2D eigenvalue weighted by Gasteiger charge is 2.15. The first-order valence-corrected chi connectivity index (χ1v) is 21.6. The van der Waals surface area contributed by atoms with Crippen LogP contribution in [0.2, 0.25) is 0 Å². The molecule has 0 heterocycles. The van der Waals surface area contributed by atoms with Gasteiger partial charge in [-0.1, -0.05) is 218 Å². The molecule has 0 fully saturated rings. The van der Waals surface area contributed by atoms with Crippen LogP contribution in [0.25, 0.3) is 131 Å². The van der Waals surface area contributed by atoms with Gasteiger partial charge < -0.3 is 0 Å². The summed E-state index contributed by atoms with van der Waals surface area (Å²) < 4.78 is 0. The molecule has 0 N–H and O–H groups in total. The Morgan fingerprint density at radius 1 is 0.161 bits per heavy atom. The first kappa shape index (κ1) is 34.8. The number of rotatable bonds is 6. The van der Waals surface area contributed by atoms with Gasteiger partial charge in [-0.3, -0.25) is 0 Å². The van der Waals surface area contributed by atoms with E-state index in [0.717, 1.165) is 0 Å². The second-order valence-electron chi connectivity index (χ2n) is 16.8. The maximum Gasteiger partial charge on any atom is -0.00206 e. The molecule has 62 heavy (non-hydrogen) atoms. The van der Waals surface area contributed by atoms with Crippen molar-refractivity contribution >= 4 is 64.6 Å². The van der Waals surface area contributed by atoms with Crippen LogP contribution in [0.4, 0.5) is 0 Å². The molecule has 0 saturated carbocycles. The van der Waals surface area contributed by atoms with Crippen molar-refractivity contribution in [1.82, 2.24) is 0 Å². The van der Waals surface area contributed by atoms with Crippen molar-refractivity contribution in [2.24, 2.45) is 0 Å². The van der Waals surface area contributed by atoms with Crippen LogP contribution in [-0.2, 0) is 0 Å². The quantitative estimate of drug-likeness (QED) is 0.147. The molecule has 0 bridgehead atoms. The van der Waals surface area contributed by atoms with Crippen LogP contribution in [0.5, 0.6) is 0 Å². The molecule has 13 aromatic rings. The summed E-state index contributed by atoms with van der Waals surface area (Å²) in [5, 5.41) is 15.8. The van der Waals surface area contributed by atoms with E-state index >= 15 is 0 Å². The van der Waals surface area contributed by atoms with Gasteiger partial charge >= 0.3 is 0 Å². The first-order valence-electron chi connectivity index (χ1n) is 21.6. The Labute approximate surface area is 360 Å². The van der Waals surface area contributed by atoms with Crippen molar-refractivity contribution < 1.29 is 0 Å². The second kappa shape index (κ2) is 13.7. The van der Waals surface area contributed by atoms with E-state index in [4.69, 9.17) is 0 Å². The van der Waals surface area contributed by atoms with Crippen LogP contribution in [0.3, 0.4) is 0 Å². The third-order valence-corrected chi connectivity index (χ3v) is 13.4. The summed E-state index contributed by atoms with van der Waals surface area (Å²) in [5.41, 5.74) is 14.7. The third kappa shape index (κ3) is 5.54. The highest BCUT2D eigenvalue weighted by molar-refractivity contribution is 6.26. The van der Waals surface area contributed by atoms with E-state index in [0.29, 0.717) is 0 Å². The number of hydrogen-bond acceptors (Lipinski definition) is 0. The highest BCUT2D eigenvalue weighted by atomic mass is 14.2. The van der Waals surface area contributed by atoms with Gasteiger partial charge in [0.15, 0.2) is 0 Å². The van der Waals surface area contributed by atoms with E-state index < -0.39 is 0 Å². The Morgan fingerprint density at radius 2 is 0.435 bits per heavy atom. The molecular formula is C62H38. The molecular weight excluding hydrogens is 745 g/mol. The zero-order valence-electron chi connectivity index (χ0n) is 33.9. The molecule has 0 aliphatic rings. The third-order valence-electron chi connectivity index (χ3n) is 13.4. The molecule has 13 rings (SSSR count). The molecule has 0 amide bonds. The summed E-state index contributed by atoms with van der Waals surface area (Å²) in [7, 11) is 0. The molecule has 0 aliphatic carbocycles. The average molecular weight is 783 g/mol. The Kier molecular flexibility index (Phi) is 7.71. The molecule has 0 unspecified atom stereocenters. The predicted molar refractivity (Wildman–Crippen MR) is 266 cm³/mol. The Balaban J connectivity index is 0.752. The van der Waals surface area contributed by atoms with Gasteiger partial charge in [0.05, 0.1) is 0 Å². The van der Waals surface area contributed by atoms with Crippen LogP contribution < -0.4 is 0 Å². The molecule has 286 valence electrons. The largest absolute Gasteiger partial charge is 0.0610 e. The van der Waals surface area contributed by atoms with Gasteiger partial charge in [-0.05, 0) is 144 Å². The minimum absolute atomic E-state index is 1.21. The predicted octanol–water partition coefficient (Wildman–Crippen LogP) is 17.5. The van der Waals surface area contributed by atoms with Crippen molar-refractivity contribution in [3.8, 4) is 66.8 Å². The Morgan fingerprint density at radius 3 is 0.871 bits per heavy atom. The van der Waals surface area contributed by atoms with E-state index in [2.05, 4.69) is 231 Å². The molecule has 0 saturated heterocycles. The topological polar surface area (TPSA) is 0 Å². The summed E-state index contributed by atoms with van der Waals surface area (Å²) in [6.45, 7) is 0. The summed E-state index contributed by atoms with van der Waals surface area (Å²) in [4.78, 5) is 0. The fourth-order valence-corrected chi connectivity index (χ4v) is 10.3. The average Bonchev–Trinajstić information content (AvgIpc) is 3.35. The van der Waals surface area contributed by atoms with Gasteiger partial charge in [0.1, 0.15) is 0 Å². The molecule has 0 aromatic heterocycles. The fraction of sp³-hybridized carbons (Fsp3) is 0. The molecule has 0 spiro atoms. The number of benzene rings is 13. The zero-order valence-corrected chi connectivity index (χ0v) is 33.9. The van der Waals surface area contributed by atoms with Gasteiger partial charge in [-0.2, -0.15) is 0 Å². The second-order valence-corrected chi connectivity index (χ2v) is 16.8. The van der Waals surface area contributed by atoms with Gasteiger partial charge in [0.25, 0.3) is 0 Å². The molecule has 0 atom stereocenters. The summed E-state index contributed by atoms with van der Waals surface area (Å²) in [5.74, 6) is 0. The Bertz CT molecular complexity index is 3780. The van der Waals surface area contributed by atoms with Crippen molar-refractivity contribution in [2.45, 2.75) is 0 Å². The SMILES string of the molecule is c1cc(-c2ccc(-c3ccc(-c4ccc(-c5ccc6ccc7cccc8ccc5c6c78)cc4)cc3)cc2)cc(-c2cccc(-c3ccc4ccc5cccc6ccc3c4c56)c2)c1. The van der Waals surface area contributed by atoms with Crippen LogP contribution in [-0.4, -0.2) is 0 Å². The lowest BCUT2D eigenvalue weighted by atomic mass is 9.89. The van der Waals surface area contributed by atoms with Gasteiger partial charge in [0, 0.05) is 0 Å². The van der Waals surface area contributed by atoms with E-state index in [-0.39, 0.29) is 0 Å². The lowest BCUT2D eigenvalue weighted by Crippen LogP contribution is -1.88. The van der Waals surface area contributed by atoms with E-state index in [9.17, 15) is 0 Å². The lowest BCUT2D eigenvalue weighted by molar-refractivity contribution is 1.56. The van der Waals surface area contributed by atoms with Crippen molar-refractivity contribution in [3.05, 3.63) is 231 Å². The van der Waals surface area contributed by atoms with Crippen molar-refractivity contribution in [3.63, 3.8) is 0 Å². The van der Waals surface area contributed by atoms with E-state index in [1.165, 1.54) is 131 Å².